The van der Waals surface area contributed by atoms with E-state index in [9.17, 15) is 19.5 Å². The molecule has 1 N–H and O–H groups in total. The van der Waals surface area contributed by atoms with Gasteiger partial charge in [0, 0.05) is 20.8 Å². The first kappa shape index (κ1) is 17.7. The van der Waals surface area contributed by atoms with E-state index in [0.717, 1.165) is 20.8 Å². The van der Waals surface area contributed by atoms with Crippen LogP contribution in [0.25, 0.3) is 0 Å². The zero-order chi connectivity index (χ0) is 16.2. The molecule has 0 radical (unpaired) electrons. The van der Waals surface area contributed by atoms with E-state index in [1.165, 1.54) is 0 Å². The second-order valence-electron chi connectivity index (χ2n) is 4.43. The number of carbonyl (C=O) groups is 3. The third kappa shape index (κ3) is 4.83. The van der Waals surface area contributed by atoms with Crippen LogP contribution in [0.2, 0.25) is 0 Å². The van der Waals surface area contributed by atoms with Crippen molar-refractivity contribution in [3.05, 3.63) is 0 Å². The van der Waals surface area contributed by atoms with Gasteiger partial charge in [0.15, 0.2) is 23.9 Å². The minimum Gasteiger partial charge on any atom is -0.456 e. The normalized spacial score (nSPS) is 32.1. The molecule has 1 saturated heterocycles. The van der Waals surface area contributed by atoms with Crippen molar-refractivity contribution in [3.63, 3.8) is 0 Å². The van der Waals surface area contributed by atoms with Gasteiger partial charge in [-0.2, -0.15) is 0 Å². The first-order valence-corrected chi connectivity index (χ1v) is 6.62. The summed E-state index contributed by atoms with van der Waals surface area (Å²) < 4.78 is 20.3. The smallest absolute Gasteiger partial charge is 0.303 e. The quantitative estimate of drug-likeness (QED) is 0.428. The van der Waals surface area contributed by atoms with Gasteiger partial charge in [-0.3, -0.25) is 14.4 Å². The van der Waals surface area contributed by atoms with Crippen LogP contribution in [0.4, 0.5) is 0 Å². The summed E-state index contributed by atoms with van der Waals surface area (Å²) in [5.74, 6) is -2.03. The Hall–Kier alpha value is -1.38. The maximum absolute atomic E-state index is 11.2. The molecule has 0 amide bonds. The lowest BCUT2D eigenvalue weighted by Gasteiger charge is -2.42. The molecule has 120 valence electrons. The Morgan fingerprint density at radius 2 is 1.38 bits per heavy atom. The highest BCUT2D eigenvalue weighted by atomic mass is 35.5. The van der Waals surface area contributed by atoms with E-state index < -0.39 is 54.5 Å². The number of esters is 3. The maximum atomic E-state index is 11.2. The van der Waals surface area contributed by atoms with Gasteiger partial charge in [0.05, 0.1) is 6.61 Å². The first-order chi connectivity index (χ1) is 9.76. The Labute approximate surface area is 126 Å². The van der Waals surface area contributed by atoms with Crippen molar-refractivity contribution >= 4 is 29.5 Å². The lowest BCUT2D eigenvalue weighted by molar-refractivity contribution is -0.237. The van der Waals surface area contributed by atoms with Crippen LogP contribution in [0.3, 0.4) is 0 Å². The fourth-order valence-corrected chi connectivity index (χ4v) is 2.32. The minimum absolute atomic E-state index is 0.522. The van der Waals surface area contributed by atoms with Crippen LogP contribution in [-0.2, 0) is 33.3 Å². The van der Waals surface area contributed by atoms with Crippen LogP contribution >= 0.6 is 11.6 Å². The number of aliphatic hydroxyl groups is 1. The molecule has 9 heteroatoms. The van der Waals surface area contributed by atoms with Gasteiger partial charge >= 0.3 is 17.9 Å². The van der Waals surface area contributed by atoms with Gasteiger partial charge in [-0.1, -0.05) is 11.6 Å². The van der Waals surface area contributed by atoms with E-state index in [1.54, 1.807) is 0 Å². The summed E-state index contributed by atoms with van der Waals surface area (Å²) in [5, 5.41) is 9.29. The van der Waals surface area contributed by atoms with E-state index in [1.807, 2.05) is 0 Å². The van der Waals surface area contributed by atoms with Gasteiger partial charge < -0.3 is 24.1 Å². The summed E-state index contributed by atoms with van der Waals surface area (Å²) >= 11 is 5.94. The molecule has 1 rings (SSSR count). The van der Waals surface area contributed by atoms with Gasteiger partial charge in [-0.25, -0.2) is 0 Å². The lowest BCUT2D eigenvalue weighted by atomic mass is 9.99. The predicted octanol–water partition coefficient (Wildman–Crippen LogP) is -0.263. The molecule has 1 aliphatic rings. The Morgan fingerprint density at radius 1 is 0.952 bits per heavy atom. The molecule has 0 aromatic carbocycles. The van der Waals surface area contributed by atoms with E-state index >= 15 is 0 Å². The largest absolute Gasteiger partial charge is 0.456 e. The van der Waals surface area contributed by atoms with Crippen molar-refractivity contribution in [2.45, 2.75) is 50.8 Å². The Morgan fingerprint density at radius 3 is 1.81 bits per heavy atom. The third-order valence-corrected chi connectivity index (χ3v) is 3.01. The zero-order valence-electron chi connectivity index (χ0n) is 11.8. The van der Waals surface area contributed by atoms with Gasteiger partial charge in [-0.05, 0) is 0 Å². The third-order valence-electron chi connectivity index (χ3n) is 2.66. The van der Waals surface area contributed by atoms with Gasteiger partial charge in [0.1, 0.15) is 6.10 Å². The molecule has 0 aromatic rings. The lowest BCUT2D eigenvalue weighted by Crippen LogP contribution is -2.60. The fraction of sp³-hybridized carbons (Fsp3) is 0.750. The van der Waals surface area contributed by atoms with Crippen molar-refractivity contribution in [2.24, 2.45) is 0 Å². The van der Waals surface area contributed by atoms with Gasteiger partial charge in [0.2, 0.25) is 0 Å². The van der Waals surface area contributed by atoms with Crippen LogP contribution in [0.5, 0.6) is 0 Å². The molecular formula is C12H17ClO8. The van der Waals surface area contributed by atoms with Crippen molar-refractivity contribution < 1.29 is 38.4 Å². The van der Waals surface area contributed by atoms with Crippen LogP contribution in [0.1, 0.15) is 20.8 Å². The highest BCUT2D eigenvalue weighted by molar-refractivity contribution is 6.20. The number of halogens is 1. The average Bonchev–Trinajstić information content (AvgIpc) is 2.35. The zero-order valence-corrected chi connectivity index (χ0v) is 12.5. The summed E-state index contributed by atoms with van der Waals surface area (Å²) in [6, 6.07) is 0. The Kier molecular flexibility index (Phi) is 6.38. The average molecular weight is 325 g/mol. The molecule has 0 bridgehead atoms. The highest BCUT2D eigenvalue weighted by Gasteiger charge is 2.50. The number of ether oxygens (including phenoxy) is 4. The van der Waals surface area contributed by atoms with Crippen LogP contribution < -0.4 is 0 Å². The van der Waals surface area contributed by atoms with Crippen LogP contribution in [-0.4, -0.2) is 59.6 Å². The number of hydrogen-bond donors (Lipinski definition) is 1. The van der Waals surface area contributed by atoms with Crippen LogP contribution in [0.15, 0.2) is 0 Å². The number of hydrogen-bond acceptors (Lipinski definition) is 8. The van der Waals surface area contributed by atoms with Crippen molar-refractivity contribution in [2.75, 3.05) is 6.61 Å². The van der Waals surface area contributed by atoms with Crippen LogP contribution in [0, 0.1) is 0 Å². The summed E-state index contributed by atoms with van der Waals surface area (Å²) in [6.45, 7) is 2.91. The van der Waals surface area contributed by atoms with Crippen molar-refractivity contribution in [1.29, 1.82) is 0 Å². The SMILES string of the molecule is CC(=O)O[C@@H]1[C@@H](OC(C)=O)[C@@H](Cl)O[C@H](CO)[C@H]1OC(C)=O. The predicted molar refractivity (Wildman–Crippen MR) is 68.3 cm³/mol. The molecule has 1 fully saturated rings. The molecule has 5 atom stereocenters. The van der Waals surface area contributed by atoms with E-state index in [4.69, 9.17) is 30.5 Å². The number of aliphatic hydroxyl groups excluding tert-OH is 1. The fourth-order valence-electron chi connectivity index (χ4n) is 1.99. The Bertz CT molecular complexity index is 412. The van der Waals surface area contributed by atoms with Crippen molar-refractivity contribution in [3.8, 4) is 0 Å². The van der Waals surface area contributed by atoms with Crippen molar-refractivity contribution in [1.82, 2.24) is 0 Å². The summed E-state index contributed by atoms with van der Waals surface area (Å²) in [4.78, 5) is 33.5. The monoisotopic (exact) mass is 324 g/mol. The molecule has 1 heterocycles. The molecule has 1 aliphatic heterocycles. The molecule has 0 spiro atoms. The summed E-state index contributed by atoms with van der Waals surface area (Å²) in [7, 11) is 0. The number of rotatable bonds is 4. The molecule has 8 nitrogen and oxygen atoms in total. The van der Waals surface area contributed by atoms with Gasteiger partial charge in [-0.15, -0.1) is 0 Å². The molecule has 0 saturated carbocycles. The first-order valence-electron chi connectivity index (χ1n) is 6.18. The maximum Gasteiger partial charge on any atom is 0.303 e. The van der Waals surface area contributed by atoms with E-state index in [2.05, 4.69) is 0 Å². The summed E-state index contributed by atoms with van der Waals surface area (Å²) in [6.07, 6.45) is -4.49. The summed E-state index contributed by atoms with van der Waals surface area (Å²) in [5.41, 5.74) is -1.16. The second-order valence-corrected chi connectivity index (χ2v) is 4.86. The van der Waals surface area contributed by atoms with Gasteiger partial charge in [0.25, 0.3) is 0 Å². The number of alkyl halides is 1. The number of carbonyl (C=O) groups excluding carboxylic acids is 3. The highest BCUT2D eigenvalue weighted by Crippen LogP contribution is 2.30. The Balaban J connectivity index is 3.08. The molecule has 0 aromatic heterocycles. The van der Waals surface area contributed by atoms with E-state index in [-0.39, 0.29) is 0 Å². The molecule has 0 unspecified atom stereocenters. The second kappa shape index (κ2) is 7.58. The molecular weight excluding hydrogens is 308 g/mol. The molecule has 21 heavy (non-hydrogen) atoms. The minimum atomic E-state index is -1.18. The van der Waals surface area contributed by atoms with E-state index in [0.29, 0.717) is 0 Å². The molecule has 0 aliphatic carbocycles. The standard InChI is InChI=1S/C12H17ClO8/c1-5(15)18-9-8(4-14)21-12(13)11(20-7(3)17)10(9)19-6(2)16/h8-12,14H,4H2,1-3H3/t8-,9-,10+,11-,12+/m1/s1. The topological polar surface area (TPSA) is 108 Å².